The minimum absolute atomic E-state index is 0.118. The van der Waals surface area contributed by atoms with Crippen molar-refractivity contribution in [3.05, 3.63) is 71.6 Å². The molecule has 1 amide bonds. The average molecular weight is 252 g/mol. The van der Waals surface area contributed by atoms with Gasteiger partial charge >= 0.3 is 0 Å². The lowest BCUT2D eigenvalue weighted by atomic mass is 10.1. The number of aromatic nitrogens is 1. The molecule has 0 aliphatic rings. The molecule has 2 rings (SSSR count). The zero-order valence-corrected chi connectivity index (χ0v) is 10.8. The molecule has 1 aromatic heterocycles. The van der Waals surface area contributed by atoms with Crippen molar-refractivity contribution in [2.24, 2.45) is 0 Å². The number of hydrogen-bond acceptors (Lipinski definition) is 2. The molecule has 0 saturated carbocycles. The van der Waals surface area contributed by atoms with Crippen LogP contribution >= 0.6 is 0 Å². The largest absolute Gasteiger partial charge is 0.348 e. The number of amides is 1. The highest BCUT2D eigenvalue weighted by Gasteiger charge is 1.97. The molecule has 0 unspecified atom stereocenters. The van der Waals surface area contributed by atoms with Gasteiger partial charge in [0.1, 0.15) is 0 Å². The lowest BCUT2D eigenvalue weighted by molar-refractivity contribution is -0.116. The first-order valence-corrected chi connectivity index (χ1v) is 6.16. The van der Waals surface area contributed by atoms with Crippen molar-refractivity contribution < 1.29 is 4.79 Å². The summed E-state index contributed by atoms with van der Waals surface area (Å²) in [5, 5.41) is 2.84. The van der Waals surface area contributed by atoms with E-state index in [9.17, 15) is 4.79 Å². The summed E-state index contributed by atoms with van der Waals surface area (Å²) in [5.74, 6) is -0.118. The third kappa shape index (κ3) is 4.39. The molecule has 96 valence electrons. The molecule has 3 heteroatoms. The van der Waals surface area contributed by atoms with Gasteiger partial charge in [-0.3, -0.25) is 9.78 Å². The van der Waals surface area contributed by atoms with Crippen molar-refractivity contribution in [3.63, 3.8) is 0 Å². The molecule has 2 aromatic rings. The maximum atomic E-state index is 11.6. The summed E-state index contributed by atoms with van der Waals surface area (Å²) in [4.78, 5) is 15.8. The Morgan fingerprint density at radius 1 is 1.26 bits per heavy atom. The molecular weight excluding hydrogens is 236 g/mol. The third-order valence-electron chi connectivity index (χ3n) is 2.64. The SMILES string of the molecule is Cc1cccc(CNC(=O)/C=C/c2ccccn2)c1. The fourth-order valence-corrected chi connectivity index (χ4v) is 1.71. The van der Waals surface area contributed by atoms with Gasteiger partial charge in [-0.25, -0.2) is 0 Å². The number of nitrogens with zero attached hydrogens (tertiary/aromatic N) is 1. The molecule has 1 N–H and O–H groups in total. The van der Waals surface area contributed by atoms with Gasteiger partial charge in [0.05, 0.1) is 5.69 Å². The molecule has 1 heterocycles. The van der Waals surface area contributed by atoms with E-state index in [1.165, 1.54) is 11.6 Å². The number of carbonyl (C=O) groups is 1. The second-order valence-electron chi connectivity index (χ2n) is 4.29. The van der Waals surface area contributed by atoms with Gasteiger partial charge in [-0.2, -0.15) is 0 Å². The predicted octanol–water partition coefficient (Wildman–Crippen LogP) is 2.72. The van der Waals surface area contributed by atoms with E-state index in [2.05, 4.69) is 16.4 Å². The second-order valence-corrected chi connectivity index (χ2v) is 4.29. The maximum Gasteiger partial charge on any atom is 0.244 e. The van der Waals surface area contributed by atoms with E-state index in [-0.39, 0.29) is 5.91 Å². The number of rotatable bonds is 4. The Labute approximate surface area is 113 Å². The zero-order valence-electron chi connectivity index (χ0n) is 10.8. The molecule has 0 saturated heterocycles. The number of nitrogens with one attached hydrogen (secondary N) is 1. The number of benzene rings is 1. The van der Waals surface area contributed by atoms with Crippen LogP contribution in [-0.2, 0) is 11.3 Å². The first-order chi connectivity index (χ1) is 9.24. The van der Waals surface area contributed by atoms with Crippen LogP contribution in [0.4, 0.5) is 0 Å². The molecule has 3 nitrogen and oxygen atoms in total. The standard InChI is InChI=1S/C16H16N2O/c1-13-5-4-6-14(11-13)12-18-16(19)9-8-15-7-2-3-10-17-15/h2-11H,12H2,1H3,(H,18,19)/b9-8+. The van der Waals surface area contributed by atoms with E-state index in [0.29, 0.717) is 6.54 Å². The Balaban J connectivity index is 1.87. The number of carbonyl (C=O) groups excluding carboxylic acids is 1. The van der Waals surface area contributed by atoms with Gasteiger partial charge in [0.15, 0.2) is 0 Å². The topological polar surface area (TPSA) is 42.0 Å². The van der Waals surface area contributed by atoms with Crippen molar-refractivity contribution in [1.29, 1.82) is 0 Å². The van der Waals surface area contributed by atoms with Gasteiger partial charge in [0, 0.05) is 18.8 Å². The molecule has 0 aliphatic heterocycles. The number of hydrogen-bond donors (Lipinski definition) is 1. The minimum Gasteiger partial charge on any atom is -0.348 e. The monoisotopic (exact) mass is 252 g/mol. The number of aryl methyl sites for hydroxylation is 1. The van der Waals surface area contributed by atoms with Crippen LogP contribution in [0.2, 0.25) is 0 Å². The third-order valence-corrected chi connectivity index (χ3v) is 2.64. The van der Waals surface area contributed by atoms with Gasteiger partial charge in [0.2, 0.25) is 5.91 Å². The lowest BCUT2D eigenvalue weighted by Gasteiger charge is -2.03. The summed E-state index contributed by atoms with van der Waals surface area (Å²) >= 11 is 0. The van der Waals surface area contributed by atoms with Crippen molar-refractivity contribution in [2.75, 3.05) is 0 Å². The van der Waals surface area contributed by atoms with E-state index in [1.54, 1.807) is 12.3 Å². The van der Waals surface area contributed by atoms with Gasteiger partial charge in [-0.1, -0.05) is 35.9 Å². The Morgan fingerprint density at radius 3 is 2.89 bits per heavy atom. The van der Waals surface area contributed by atoms with Crippen molar-refractivity contribution in [3.8, 4) is 0 Å². The summed E-state index contributed by atoms with van der Waals surface area (Å²) in [6.45, 7) is 2.57. The zero-order chi connectivity index (χ0) is 13.5. The molecule has 0 fully saturated rings. The smallest absolute Gasteiger partial charge is 0.244 e. The van der Waals surface area contributed by atoms with Crippen molar-refractivity contribution in [2.45, 2.75) is 13.5 Å². The maximum absolute atomic E-state index is 11.6. The van der Waals surface area contributed by atoms with Crippen molar-refractivity contribution >= 4 is 12.0 Å². The Bertz CT molecular complexity index is 576. The summed E-state index contributed by atoms with van der Waals surface area (Å²) < 4.78 is 0. The van der Waals surface area contributed by atoms with E-state index in [0.717, 1.165) is 11.3 Å². The van der Waals surface area contributed by atoms with Gasteiger partial charge < -0.3 is 5.32 Å². The molecule has 0 radical (unpaired) electrons. The lowest BCUT2D eigenvalue weighted by Crippen LogP contribution is -2.20. The van der Waals surface area contributed by atoms with E-state index in [1.807, 2.05) is 43.3 Å². The second kappa shape index (κ2) is 6.50. The first kappa shape index (κ1) is 13.0. The highest BCUT2D eigenvalue weighted by atomic mass is 16.1. The van der Waals surface area contributed by atoms with Gasteiger partial charge in [-0.15, -0.1) is 0 Å². The molecule has 0 spiro atoms. The summed E-state index contributed by atoms with van der Waals surface area (Å²) in [7, 11) is 0. The molecule has 0 atom stereocenters. The fraction of sp³-hybridized carbons (Fsp3) is 0.125. The minimum atomic E-state index is -0.118. The van der Waals surface area contributed by atoms with Crippen LogP contribution in [0.5, 0.6) is 0 Å². The van der Waals surface area contributed by atoms with Crippen molar-refractivity contribution in [1.82, 2.24) is 10.3 Å². The van der Waals surface area contributed by atoms with Crippen LogP contribution in [0.15, 0.2) is 54.7 Å². The van der Waals surface area contributed by atoms with Crippen LogP contribution in [0.3, 0.4) is 0 Å². The van der Waals surface area contributed by atoms with Crippen LogP contribution < -0.4 is 5.32 Å². The summed E-state index contributed by atoms with van der Waals surface area (Å²) in [6.07, 6.45) is 4.90. The Morgan fingerprint density at radius 2 is 2.16 bits per heavy atom. The first-order valence-electron chi connectivity index (χ1n) is 6.16. The van der Waals surface area contributed by atoms with E-state index < -0.39 is 0 Å². The molecule has 0 bridgehead atoms. The van der Waals surface area contributed by atoms with Crippen LogP contribution in [0.1, 0.15) is 16.8 Å². The number of pyridine rings is 1. The summed E-state index contributed by atoms with van der Waals surface area (Å²) in [6, 6.07) is 13.7. The molecular formula is C16H16N2O. The average Bonchev–Trinajstić information content (AvgIpc) is 2.44. The highest BCUT2D eigenvalue weighted by molar-refractivity contribution is 5.91. The quantitative estimate of drug-likeness (QED) is 0.850. The normalized spacial score (nSPS) is 10.6. The Kier molecular flexibility index (Phi) is 4.45. The van der Waals surface area contributed by atoms with Gasteiger partial charge in [0.25, 0.3) is 0 Å². The highest BCUT2D eigenvalue weighted by Crippen LogP contribution is 2.03. The Hall–Kier alpha value is -2.42. The van der Waals surface area contributed by atoms with E-state index >= 15 is 0 Å². The van der Waals surface area contributed by atoms with Crippen LogP contribution in [-0.4, -0.2) is 10.9 Å². The predicted molar refractivity (Wildman–Crippen MR) is 76.3 cm³/mol. The fourth-order valence-electron chi connectivity index (χ4n) is 1.71. The van der Waals surface area contributed by atoms with E-state index in [4.69, 9.17) is 0 Å². The molecule has 0 aliphatic carbocycles. The molecule has 1 aromatic carbocycles. The van der Waals surface area contributed by atoms with Crippen LogP contribution in [0.25, 0.3) is 6.08 Å². The van der Waals surface area contributed by atoms with Gasteiger partial charge in [-0.05, 0) is 30.7 Å². The molecule has 19 heavy (non-hydrogen) atoms. The van der Waals surface area contributed by atoms with Crippen LogP contribution in [0, 0.1) is 6.92 Å². The summed E-state index contributed by atoms with van der Waals surface area (Å²) in [5.41, 5.74) is 3.06.